The van der Waals surface area contributed by atoms with E-state index >= 15 is 0 Å². The Morgan fingerprint density at radius 2 is 2.07 bits per heavy atom. The van der Waals surface area contributed by atoms with E-state index < -0.39 is 6.43 Å². The lowest BCUT2D eigenvalue weighted by atomic mass is 10.2. The van der Waals surface area contributed by atoms with Crippen molar-refractivity contribution in [3.63, 3.8) is 0 Å². The van der Waals surface area contributed by atoms with Gasteiger partial charge in [-0.15, -0.1) is 11.8 Å². The van der Waals surface area contributed by atoms with Crippen LogP contribution in [0.15, 0.2) is 0 Å². The average Bonchev–Trinajstić information content (AvgIpc) is 2.21. The number of hydrogen-bond acceptors (Lipinski definition) is 3. The van der Waals surface area contributed by atoms with Gasteiger partial charge in [-0.1, -0.05) is 19.8 Å². The predicted molar refractivity (Wildman–Crippen MR) is 58.4 cm³/mol. The SMILES string of the molecule is CCCCC(SCCC(F)F)C(=O)OC. The minimum Gasteiger partial charge on any atom is -0.468 e. The Hall–Kier alpha value is -0.320. The number of esters is 1. The number of unbranched alkanes of at least 4 members (excludes halogenated alkanes) is 1. The molecule has 0 aliphatic rings. The molecule has 0 fully saturated rings. The minimum atomic E-state index is -2.29. The topological polar surface area (TPSA) is 26.3 Å². The fraction of sp³-hybridized carbons (Fsp3) is 0.900. The van der Waals surface area contributed by atoms with Crippen LogP contribution in [0.1, 0.15) is 32.6 Å². The number of thioether (sulfide) groups is 1. The Bertz CT molecular complexity index is 177. The summed E-state index contributed by atoms with van der Waals surface area (Å²) in [5, 5.41) is -0.284. The van der Waals surface area contributed by atoms with Gasteiger partial charge in [0.2, 0.25) is 6.43 Å². The standard InChI is InChI=1S/C10H18F2O2S/c1-3-4-5-8(10(13)14-2)15-7-6-9(11)12/h8-9H,3-7H2,1-2H3. The molecular weight excluding hydrogens is 222 g/mol. The number of halogens is 2. The summed E-state index contributed by atoms with van der Waals surface area (Å²) in [5.74, 6) is 0.00365. The van der Waals surface area contributed by atoms with E-state index in [1.807, 2.05) is 6.92 Å². The van der Waals surface area contributed by atoms with Crippen molar-refractivity contribution in [2.24, 2.45) is 0 Å². The van der Waals surface area contributed by atoms with E-state index in [0.717, 1.165) is 12.8 Å². The third-order valence-electron chi connectivity index (χ3n) is 1.94. The van der Waals surface area contributed by atoms with Gasteiger partial charge in [-0.25, -0.2) is 8.78 Å². The first-order valence-corrected chi connectivity index (χ1v) is 6.14. The molecule has 2 nitrogen and oxygen atoms in total. The third-order valence-corrected chi connectivity index (χ3v) is 3.24. The Balaban J connectivity index is 3.84. The Morgan fingerprint density at radius 3 is 2.53 bits per heavy atom. The van der Waals surface area contributed by atoms with Crippen LogP contribution in [0.25, 0.3) is 0 Å². The van der Waals surface area contributed by atoms with Crippen molar-refractivity contribution in [3.8, 4) is 0 Å². The number of alkyl halides is 2. The van der Waals surface area contributed by atoms with E-state index in [9.17, 15) is 13.6 Å². The van der Waals surface area contributed by atoms with Crippen LogP contribution in [-0.2, 0) is 9.53 Å². The molecule has 1 atom stereocenters. The van der Waals surface area contributed by atoms with Gasteiger partial charge in [-0.05, 0) is 12.2 Å². The highest BCUT2D eigenvalue weighted by Gasteiger charge is 2.19. The molecule has 0 aromatic carbocycles. The fourth-order valence-corrected chi connectivity index (χ4v) is 2.25. The van der Waals surface area contributed by atoms with Crippen molar-refractivity contribution in [1.82, 2.24) is 0 Å². The molecule has 0 heterocycles. The molecule has 0 rings (SSSR count). The summed E-state index contributed by atoms with van der Waals surface area (Å²) in [7, 11) is 1.33. The van der Waals surface area contributed by atoms with Crippen LogP contribution in [0.3, 0.4) is 0 Å². The molecule has 5 heteroatoms. The molecule has 1 unspecified atom stereocenters. The van der Waals surface area contributed by atoms with Crippen molar-refractivity contribution in [3.05, 3.63) is 0 Å². The highest BCUT2D eigenvalue weighted by Crippen LogP contribution is 2.20. The van der Waals surface area contributed by atoms with Crippen molar-refractivity contribution >= 4 is 17.7 Å². The molecule has 0 spiro atoms. The Kier molecular flexibility index (Phi) is 8.76. The molecule has 15 heavy (non-hydrogen) atoms. The van der Waals surface area contributed by atoms with Crippen LogP contribution < -0.4 is 0 Å². The van der Waals surface area contributed by atoms with Crippen LogP contribution >= 0.6 is 11.8 Å². The number of rotatable bonds is 8. The van der Waals surface area contributed by atoms with Crippen molar-refractivity contribution in [2.75, 3.05) is 12.9 Å². The monoisotopic (exact) mass is 240 g/mol. The van der Waals surface area contributed by atoms with Gasteiger partial charge in [0.15, 0.2) is 0 Å². The lowest BCUT2D eigenvalue weighted by Gasteiger charge is -2.13. The first-order chi connectivity index (χ1) is 7.11. The van der Waals surface area contributed by atoms with E-state index in [2.05, 4.69) is 4.74 Å². The van der Waals surface area contributed by atoms with Crippen LogP contribution in [0.2, 0.25) is 0 Å². The van der Waals surface area contributed by atoms with Gasteiger partial charge < -0.3 is 4.74 Å². The molecule has 0 aromatic rings. The maximum atomic E-state index is 11.9. The summed E-state index contributed by atoms with van der Waals surface area (Å²) in [6.45, 7) is 2.03. The molecule has 0 radical (unpaired) electrons. The molecule has 0 saturated heterocycles. The summed E-state index contributed by atoms with van der Waals surface area (Å²) in [6.07, 6.45) is 0.160. The number of hydrogen-bond donors (Lipinski definition) is 0. The lowest BCUT2D eigenvalue weighted by molar-refractivity contribution is -0.140. The summed E-state index contributed by atoms with van der Waals surface area (Å²) >= 11 is 1.27. The molecule has 0 amide bonds. The highest BCUT2D eigenvalue weighted by molar-refractivity contribution is 8.00. The van der Waals surface area contributed by atoms with Crippen LogP contribution in [0.4, 0.5) is 8.78 Å². The predicted octanol–water partition coefficient (Wildman–Crippen LogP) is 3.11. The molecule has 90 valence electrons. The van der Waals surface area contributed by atoms with Crippen LogP contribution in [0.5, 0.6) is 0 Å². The van der Waals surface area contributed by atoms with E-state index in [1.165, 1.54) is 18.9 Å². The quantitative estimate of drug-likeness (QED) is 0.610. The van der Waals surface area contributed by atoms with Crippen molar-refractivity contribution in [2.45, 2.75) is 44.3 Å². The first-order valence-electron chi connectivity index (χ1n) is 5.09. The third kappa shape index (κ3) is 7.59. The summed E-state index contributed by atoms with van der Waals surface area (Å²) < 4.78 is 28.4. The number of carbonyl (C=O) groups is 1. The van der Waals surface area contributed by atoms with Gasteiger partial charge in [0, 0.05) is 6.42 Å². The van der Waals surface area contributed by atoms with Gasteiger partial charge in [0.05, 0.1) is 7.11 Å². The normalized spacial score (nSPS) is 12.9. The maximum Gasteiger partial charge on any atom is 0.318 e. The molecule has 0 aliphatic heterocycles. The number of methoxy groups -OCH3 is 1. The lowest BCUT2D eigenvalue weighted by Crippen LogP contribution is -2.19. The largest absolute Gasteiger partial charge is 0.468 e. The zero-order valence-electron chi connectivity index (χ0n) is 9.17. The summed E-state index contributed by atoms with van der Waals surface area (Å²) in [4.78, 5) is 11.3. The average molecular weight is 240 g/mol. The van der Waals surface area contributed by atoms with Gasteiger partial charge in [0.1, 0.15) is 5.25 Å². The summed E-state index contributed by atoms with van der Waals surface area (Å²) in [6, 6.07) is 0. The second-order valence-electron chi connectivity index (χ2n) is 3.20. The second-order valence-corrected chi connectivity index (χ2v) is 4.52. The molecule has 0 saturated carbocycles. The molecule has 0 N–H and O–H groups in total. The van der Waals surface area contributed by atoms with Crippen LogP contribution in [0, 0.1) is 0 Å². The fourth-order valence-electron chi connectivity index (χ4n) is 1.09. The highest BCUT2D eigenvalue weighted by atomic mass is 32.2. The smallest absolute Gasteiger partial charge is 0.318 e. The van der Waals surface area contributed by atoms with E-state index in [0.29, 0.717) is 12.2 Å². The van der Waals surface area contributed by atoms with E-state index in [4.69, 9.17) is 0 Å². The number of ether oxygens (including phenoxy) is 1. The van der Waals surface area contributed by atoms with E-state index in [-0.39, 0.29) is 17.6 Å². The van der Waals surface area contributed by atoms with Crippen LogP contribution in [-0.4, -0.2) is 30.5 Å². The zero-order chi connectivity index (χ0) is 11.7. The minimum absolute atomic E-state index is 0.162. The van der Waals surface area contributed by atoms with Crippen molar-refractivity contribution in [1.29, 1.82) is 0 Å². The maximum absolute atomic E-state index is 11.9. The molecule has 0 aliphatic carbocycles. The van der Waals surface area contributed by atoms with Crippen molar-refractivity contribution < 1.29 is 18.3 Å². The Morgan fingerprint density at radius 1 is 1.40 bits per heavy atom. The molecular formula is C10H18F2O2S. The zero-order valence-corrected chi connectivity index (χ0v) is 9.99. The second kappa shape index (κ2) is 8.95. The van der Waals surface area contributed by atoms with Gasteiger partial charge in [-0.2, -0.15) is 0 Å². The molecule has 0 bridgehead atoms. The Labute approximate surface area is 93.8 Å². The van der Waals surface area contributed by atoms with Gasteiger partial charge >= 0.3 is 5.97 Å². The number of carbonyl (C=O) groups excluding carboxylic acids is 1. The van der Waals surface area contributed by atoms with Gasteiger partial charge in [0.25, 0.3) is 0 Å². The van der Waals surface area contributed by atoms with Gasteiger partial charge in [-0.3, -0.25) is 4.79 Å². The summed E-state index contributed by atoms with van der Waals surface area (Å²) in [5.41, 5.74) is 0. The first kappa shape index (κ1) is 14.7. The van der Waals surface area contributed by atoms with E-state index in [1.54, 1.807) is 0 Å². The molecule has 0 aromatic heterocycles.